The first-order valence-corrected chi connectivity index (χ1v) is 6.59. The van der Waals surface area contributed by atoms with Crippen molar-refractivity contribution < 1.29 is 22.5 Å². The predicted octanol–water partition coefficient (Wildman–Crippen LogP) is 1.18. The number of aromatic amines is 1. The van der Waals surface area contributed by atoms with Crippen molar-refractivity contribution in [1.82, 2.24) is 10.2 Å². The van der Waals surface area contributed by atoms with Crippen molar-refractivity contribution in [1.29, 1.82) is 0 Å². The molecule has 0 atom stereocenters. The molecule has 0 saturated carbocycles. The molecule has 0 spiro atoms. The standard InChI is InChI=1S/C11H10N2O5S/c1-7-2-4-8(5-3-7)19(16,17)18-10-6-9(11(14)15)12-13-10/h2-6H,1H3,(H,12,13)(H,14,15). The molecule has 0 radical (unpaired) electrons. The van der Waals surface area contributed by atoms with Gasteiger partial charge in [0.25, 0.3) is 5.88 Å². The van der Waals surface area contributed by atoms with Gasteiger partial charge >= 0.3 is 16.1 Å². The lowest BCUT2D eigenvalue weighted by atomic mass is 10.2. The summed E-state index contributed by atoms with van der Waals surface area (Å²) in [7, 11) is -4.02. The Morgan fingerprint density at radius 2 is 1.95 bits per heavy atom. The van der Waals surface area contributed by atoms with Gasteiger partial charge in [-0.15, -0.1) is 5.10 Å². The molecule has 2 aromatic rings. The Bertz CT molecular complexity index is 703. The predicted molar refractivity (Wildman–Crippen MR) is 64.5 cm³/mol. The van der Waals surface area contributed by atoms with E-state index in [2.05, 4.69) is 10.2 Å². The molecular formula is C11H10N2O5S. The summed E-state index contributed by atoms with van der Waals surface area (Å²) in [6.45, 7) is 1.82. The Morgan fingerprint density at radius 3 is 2.47 bits per heavy atom. The van der Waals surface area contributed by atoms with E-state index in [0.29, 0.717) is 0 Å². The number of carbonyl (C=O) groups is 1. The van der Waals surface area contributed by atoms with Gasteiger partial charge in [-0.2, -0.15) is 8.42 Å². The van der Waals surface area contributed by atoms with E-state index >= 15 is 0 Å². The van der Waals surface area contributed by atoms with Crippen molar-refractivity contribution in [2.24, 2.45) is 0 Å². The Morgan fingerprint density at radius 1 is 1.32 bits per heavy atom. The van der Waals surface area contributed by atoms with Crippen molar-refractivity contribution in [2.75, 3.05) is 0 Å². The van der Waals surface area contributed by atoms with Crippen LogP contribution in [0.2, 0.25) is 0 Å². The highest BCUT2D eigenvalue weighted by molar-refractivity contribution is 7.87. The van der Waals surface area contributed by atoms with Gasteiger partial charge in [0.1, 0.15) is 10.6 Å². The maximum Gasteiger partial charge on any atom is 0.354 e. The third-order valence-corrected chi connectivity index (χ3v) is 3.53. The molecule has 0 aliphatic heterocycles. The summed E-state index contributed by atoms with van der Waals surface area (Å²) in [5, 5.41) is 14.3. The first-order chi connectivity index (χ1) is 8.88. The molecule has 100 valence electrons. The van der Waals surface area contributed by atoms with E-state index in [0.717, 1.165) is 11.6 Å². The highest BCUT2D eigenvalue weighted by Crippen LogP contribution is 2.17. The topological polar surface area (TPSA) is 109 Å². The summed E-state index contributed by atoms with van der Waals surface area (Å²) in [4.78, 5) is 10.6. The lowest BCUT2D eigenvalue weighted by molar-refractivity contribution is 0.0690. The molecule has 1 aromatic carbocycles. The van der Waals surface area contributed by atoms with Crippen LogP contribution in [0.15, 0.2) is 35.2 Å². The van der Waals surface area contributed by atoms with Gasteiger partial charge in [0.2, 0.25) is 0 Å². The molecule has 2 N–H and O–H groups in total. The highest BCUT2D eigenvalue weighted by Gasteiger charge is 2.19. The van der Waals surface area contributed by atoms with Gasteiger partial charge in [0.15, 0.2) is 0 Å². The second-order valence-corrected chi connectivity index (χ2v) is 5.32. The Kier molecular flexibility index (Phi) is 3.26. The van der Waals surface area contributed by atoms with Gasteiger partial charge in [-0.05, 0) is 19.1 Å². The Balaban J connectivity index is 2.25. The molecule has 8 heteroatoms. The van der Waals surface area contributed by atoms with Crippen molar-refractivity contribution in [3.63, 3.8) is 0 Å². The van der Waals surface area contributed by atoms with Crippen LogP contribution in [0, 0.1) is 6.92 Å². The van der Waals surface area contributed by atoms with E-state index in [1.165, 1.54) is 12.1 Å². The number of carboxylic acids is 1. The van der Waals surface area contributed by atoms with Gasteiger partial charge in [0.05, 0.1) is 0 Å². The van der Waals surface area contributed by atoms with Gasteiger partial charge in [0, 0.05) is 6.07 Å². The maximum absolute atomic E-state index is 11.9. The normalized spacial score (nSPS) is 11.2. The first-order valence-electron chi connectivity index (χ1n) is 5.18. The SMILES string of the molecule is Cc1ccc(S(=O)(=O)Oc2cc(C(=O)O)[nH]n2)cc1. The van der Waals surface area contributed by atoms with E-state index in [-0.39, 0.29) is 16.5 Å². The lowest BCUT2D eigenvalue weighted by Gasteiger charge is -2.03. The molecular weight excluding hydrogens is 272 g/mol. The van der Waals surface area contributed by atoms with Crippen LogP contribution in [-0.2, 0) is 10.1 Å². The zero-order chi connectivity index (χ0) is 14.0. The molecule has 0 unspecified atom stereocenters. The van der Waals surface area contributed by atoms with Gasteiger partial charge in [-0.3, -0.25) is 5.10 Å². The molecule has 0 saturated heterocycles. The van der Waals surface area contributed by atoms with E-state index < -0.39 is 16.1 Å². The fraction of sp³-hybridized carbons (Fsp3) is 0.0909. The number of rotatable bonds is 4. The van der Waals surface area contributed by atoms with Crippen LogP contribution in [-0.4, -0.2) is 29.7 Å². The van der Waals surface area contributed by atoms with Crippen molar-refractivity contribution >= 4 is 16.1 Å². The average molecular weight is 282 g/mol. The van der Waals surface area contributed by atoms with E-state index in [1.807, 2.05) is 6.92 Å². The molecule has 7 nitrogen and oxygen atoms in total. The second-order valence-electron chi connectivity index (χ2n) is 3.78. The summed E-state index contributed by atoms with van der Waals surface area (Å²) >= 11 is 0. The van der Waals surface area contributed by atoms with Crippen LogP contribution in [0.3, 0.4) is 0 Å². The number of hydrogen-bond acceptors (Lipinski definition) is 5. The molecule has 0 aliphatic carbocycles. The summed E-state index contributed by atoms with van der Waals surface area (Å²) < 4.78 is 28.5. The number of benzene rings is 1. The largest absolute Gasteiger partial charge is 0.477 e. The summed E-state index contributed by atoms with van der Waals surface area (Å²) in [5.41, 5.74) is 0.654. The Labute approximate surface area is 109 Å². The molecule has 2 rings (SSSR count). The lowest BCUT2D eigenvalue weighted by Crippen LogP contribution is -2.09. The average Bonchev–Trinajstić information content (AvgIpc) is 2.77. The monoisotopic (exact) mass is 282 g/mol. The third kappa shape index (κ3) is 2.91. The number of hydrogen-bond donors (Lipinski definition) is 2. The van der Waals surface area contributed by atoms with Crippen LogP contribution in [0.25, 0.3) is 0 Å². The van der Waals surface area contributed by atoms with Crippen molar-refractivity contribution in [3.05, 3.63) is 41.6 Å². The molecule has 1 heterocycles. The second kappa shape index (κ2) is 4.73. The number of aromatic nitrogens is 2. The Hall–Kier alpha value is -2.35. The van der Waals surface area contributed by atoms with Gasteiger partial charge < -0.3 is 9.29 Å². The highest BCUT2D eigenvalue weighted by atomic mass is 32.2. The van der Waals surface area contributed by atoms with Crippen LogP contribution in [0.5, 0.6) is 5.88 Å². The molecule has 0 amide bonds. The summed E-state index contributed by atoms with van der Waals surface area (Å²) in [6.07, 6.45) is 0. The van der Waals surface area contributed by atoms with Crippen LogP contribution >= 0.6 is 0 Å². The van der Waals surface area contributed by atoms with Crippen LogP contribution in [0.4, 0.5) is 0 Å². The fourth-order valence-corrected chi connectivity index (χ4v) is 2.20. The van der Waals surface area contributed by atoms with E-state index in [4.69, 9.17) is 9.29 Å². The summed E-state index contributed by atoms with van der Waals surface area (Å²) in [6, 6.07) is 7.05. The summed E-state index contributed by atoms with van der Waals surface area (Å²) in [5.74, 6) is -1.58. The van der Waals surface area contributed by atoms with E-state index in [1.54, 1.807) is 12.1 Å². The maximum atomic E-state index is 11.9. The molecule has 19 heavy (non-hydrogen) atoms. The minimum Gasteiger partial charge on any atom is -0.477 e. The molecule has 0 aliphatic rings. The number of aryl methyl sites for hydroxylation is 1. The van der Waals surface area contributed by atoms with Crippen LogP contribution in [0.1, 0.15) is 16.1 Å². The number of carboxylic acid groups (broad SMARTS) is 1. The number of aromatic carboxylic acids is 1. The van der Waals surface area contributed by atoms with Gasteiger partial charge in [-0.1, -0.05) is 17.7 Å². The van der Waals surface area contributed by atoms with E-state index in [9.17, 15) is 13.2 Å². The van der Waals surface area contributed by atoms with Crippen molar-refractivity contribution in [3.8, 4) is 5.88 Å². The molecule has 0 fully saturated rings. The third-order valence-electron chi connectivity index (χ3n) is 2.29. The zero-order valence-corrected chi connectivity index (χ0v) is 10.6. The van der Waals surface area contributed by atoms with Crippen LogP contribution < -0.4 is 4.18 Å². The zero-order valence-electron chi connectivity index (χ0n) is 9.82. The number of nitrogens with zero attached hydrogens (tertiary/aromatic N) is 1. The quantitative estimate of drug-likeness (QED) is 0.815. The first kappa shape index (κ1) is 13.1. The molecule has 1 aromatic heterocycles. The van der Waals surface area contributed by atoms with Gasteiger partial charge in [-0.25, -0.2) is 4.79 Å². The number of nitrogens with one attached hydrogen (secondary N) is 1. The van der Waals surface area contributed by atoms with Crippen molar-refractivity contribution in [2.45, 2.75) is 11.8 Å². The minimum absolute atomic E-state index is 0.0297. The smallest absolute Gasteiger partial charge is 0.354 e. The number of H-pyrrole nitrogens is 1. The minimum atomic E-state index is -4.02. The molecule has 0 bridgehead atoms. The fourth-order valence-electron chi connectivity index (χ4n) is 1.32.